The second-order valence-corrected chi connectivity index (χ2v) is 11.2. The Bertz CT molecular complexity index is 1060. The maximum atomic E-state index is 12.1. The molecule has 0 aliphatic carbocycles. The van der Waals surface area contributed by atoms with E-state index < -0.39 is 36.4 Å². The second-order valence-electron chi connectivity index (χ2n) is 11.2. The summed E-state index contributed by atoms with van der Waals surface area (Å²) >= 11 is 0. The molecule has 0 saturated carbocycles. The van der Waals surface area contributed by atoms with Crippen LogP contribution in [0.1, 0.15) is 69.8 Å². The summed E-state index contributed by atoms with van der Waals surface area (Å²) < 4.78 is 22.9. The molecule has 1 aliphatic heterocycles. The van der Waals surface area contributed by atoms with Crippen molar-refractivity contribution >= 4 is 5.97 Å². The molecule has 10 heteroatoms. The Labute approximate surface area is 255 Å². The minimum absolute atomic E-state index is 0.0389. The lowest BCUT2D eigenvalue weighted by Crippen LogP contribution is -2.64. The van der Waals surface area contributed by atoms with Gasteiger partial charge in [0.2, 0.25) is 0 Å². The molecule has 10 nitrogen and oxygen atoms in total. The fourth-order valence-corrected chi connectivity index (χ4v) is 5.19. The van der Waals surface area contributed by atoms with Crippen molar-refractivity contribution in [2.45, 2.75) is 89.2 Å². The van der Waals surface area contributed by atoms with Crippen LogP contribution in [0.3, 0.4) is 0 Å². The smallest absolute Gasteiger partial charge is 0.305 e. The van der Waals surface area contributed by atoms with E-state index in [4.69, 9.17) is 24.7 Å². The lowest BCUT2D eigenvalue weighted by atomic mass is 9.96. The highest BCUT2D eigenvalue weighted by Crippen LogP contribution is 2.34. The maximum Gasteiger partial charge on any atom is 0.305 e. The third kappa shape index (κ3) is 11.1. The van der Waals surface area contributed by atoms with Crippen molar-refractivity contribution in [1.29, 1.82) is 0 Å². The van der Waals surface area contributed by atoms with Crippen LogP contribution in [0.2, 0.25) is 0 Å². The number of benzene rings is 2. The molecule has 5 N–H and O–H groups in total. The van der Waals surface area contributed by atoms with Gasteiger partial charge in [0.25, 0.3) is 5.79 Å². The zero-order chi connectivity index (χ0) is 31.1. The molecule has 0 spiro atoms. The van der Waals surface area contributed by atoms with Gasteiger partial charge < -0.3 is 40.0 Å². The van der Waals surface area contributed by atoms with Gasteiger partial charge in [-0.25, -0.2) is 0 Å². The highest BCUT2D eigenvalue weighted by Gasteiger charge is 2.54. The Morgan fingerprint density at radius 3 is 2.49 bits per heavy atom. The number of hydrogen-bond acceptors (Lipinski definition) is 10. The Kier molecular flexibility index (Phi) is 14.8. The standard InChI is InChI=1S/C33H50N2O8/c1-3-4-5-11-20-35(21-22-40-28-17-15-26(16-18-28)12-9-10-19-34)23-30(38)33(39,43-25(2)36)31-29(37)24-41-32(42-31)27-13-7-6-8-14-27/h6-8,13-18,29-32,37-39H,3-5,9-12,19-24,34H2,1-2H3/t29-,30+,31-,32-,33-/m1/s1. The molecule has 2 aromatic carbocycles. The van der Waals surface area contributed by atoms with Gasteiger partial charge in [-0.05, 0) is 56.5 Å². The van der Waals surface area contributed by atoms with Crippen LogP contribution in [0.5, 0.6) is 5.75 Å². The summed E-state index contributed by atoms with van der Waals surface area (Å²) in [5, 5.41) is 33.8. The molecular weight excluding hydrogens is 552 g/mol. The van der Waals surface area contributed by atoms with Crippen molar-refractivity contribution in [3.05, 3.63) is 65.7 Å². The highest BCUT2D eigenvalue weighted by atomic mass is 16.7. The number of rotatable bonds is 19. The van der Waals surface area contributed by atoms with E-state index in [0.29, 0.717) is 31.8 Å². The first kappa shape index (κ1) is 34.9. The quantitative estimate of drug-likeness (QED) is 0.107. The molecule has 0 unspecified atom stereocenters. The summed E-state index contributed by atoms with van der Waals surface area (Å²) in [6, 6.07) is 17.0. The lowest BCUT2D eigenvalue weighted by molar-refractivity contribution is -0.362. The van der Waals surface area contributed by atoms with E-state index in [1.807, 2.05) is 35.2 Å². The fourth-order valence-electron chi connectivity index (χ4n) is 5.19. The van der Waals surface area contributed by atoms with Crippen molar-refractivity contribution in [2.75, 3.05) is 39.4 Å². The van der Waals surface area contributed by atoms with Gasteiger partial charge in [-0.3, -0.25) is 9.69 Å². The van der Waals surface area contributed by atoms with Crippen LogP contribution in [0.15, 0.2) is 54.6 Å². The molecule has 5 atom stereocenters. The minimum Gasteiger partial charge on any atom is -0.492 e. The van der Waals surface area contributed by atoms with E-state index in [1.165, 1.54) is 5.56 Å². The van der Waals surface area contributed by atoms with Crippen LogP contribution >= 0.6 is 0 Å². The third-order valence-electron chi connectivity index (χ3n) is 7.58. The van der Waals surface area contributed by atoms with Gasteiger partial charge in [-0.15, -0.1) is 0 Å². The summed E-state index contributed by atoms with van der Waals surface area (Å²) in [7, 11) is 0. The van der Waals surface area contributed by atoms with Gasteiger partial charge in [0, 0.05) is 25.6 Å². The normalized spacial score (nSPS) is 20.9. The molecular formula is C33H50N2O8. The summed E-state index contributed by atoms with van der Waals surface area (Å²) in [6.07, 6.45) is 1.79. The van der Waals surface area contributed by atoms with Gasteiger partial charge in [0.05, 0.1) is 6.61 Å². The lowest BCUT2D eigenvalue weighted by Gasteiger charge is -2.44. The van der Waals surface area contributed by atoms with Crippen molar-refractivity contribution in [2.24, 2.45) is 5.73 Å². The van der Waals surface area contributed by atoms with Crippen molar-refractivity contribution in [1.82, 2.24) is 4.90 Å². The molecule has 0 amide bonds. The molecule has 0 aromatic heterocycles. The van der Waals surface area contributed by atoms with E-state index in [9.17, 15) is 20.1 Å². The molecule has 240 valence electrons. The molecule has 0 radical (unpaired) electrons. The molecule has 0 bridgehead atoms. The largest absolute Gasteiger partial charge is 0.492 e. The summed E-state index contributed by atoms with van der Waals surface area (Å²) in [4.78, 5) is 14.1. The number of nitrogens with two attached hydrogens (primary N) is 1. The van der Waals surface area contributed by atoms with Crippen molar-refractivity contribution in [3.63, 3.8) is 0 Å². The summed E-state index contributed by atoms with van der Waals surface area (Å²) in [6.45, 7) is 5.20. The number of hydrogen-bond donors (Lipinski definition) is 4. The average molecular weight is 603 g/mol. The molecule has 1 aliphatic rings. The van der Waals surface area contributed by atoms with E-state index >= 15 is 0 Å². The van der Waals surface area contributed by atoms with Gasteiger partial charge in [-0.1, -0.05) is 68.7 Å². The predicted octanol–water partition coefficient (Wildman–Crippen LogP) is 3.32. The number of aryl methyl sites for hydroxylation is 1. The predicted molar refractivity (Wildman–Crippen MR) is 163 cm³/mol. The fraction of sp³-hybridized carbons (Fsp3) is 0.606. The van der Waals surface area contributed by atoms with Crippen LogP contribution in [-0.2, 0) is 25.4 Å². The van der Waals surface area contributed by atoms with Crippen LogP contribution < -0.4 is 10.5 Å². The first-order chi connectivity index (χ1) is 20.8. The molecule has 43 heavy (non-hydrogen) atoms. The van der Waals surface area contributed by atoms with Crippen LogP contribution in [-0.4, -0.2) is 89.7 Å². The van der Waals surface area contributed by atoms with Crippen LogP contribution in [0, 0.1) is 0 Å². The number of nitrogens with zero attached hydrogens (tertiary/aromatic N) is 1. The Morgan fingerprint density at radius 2 is 1.81 bits per heavy atom. The van der Waals surface area contributed by atoms with Crippen LogP contribution in [0.4, 0.5) is 0 Å². The van der Waals surface area contributed by atoms with E-state index in [0.717, 1.165) is 57.6 Å². The van der Waals surface area contributed by atoms with Crippen molar-refractivity contribution < 1.29 is 39.1 Å². The number of unbranched alkanes of at least 4 members (excludes halogenated alkanes) is 4. The number of ether oxygens (including phenoxy) is 4. The van der Waals surface area contributed by atoms with Gasteiger partial charge >= 0.3 is 5.97 Å². The Hall–Kier alpha value is -2.57. The minimum atomic E-state index is -2.52. The maximum absolute atomic E-state index is 12.1. The van der Waals surface area contributed by atoms with Gasteiger partial charge in [0.15, 0.2) is 12.4 Å². The average Bonchev–Trinajstić information content (AvgIpc) is 3.00. The van der Waals surface area contributed by atoms with Crippen molar-refractivity contribution in [3.8, 4) is 5.75 Å². The highest BCUT2D eigenvalue weighted by molar-refractivity contribution is 5.66. The molecule has 1 saturated heterocycles. The second kappa shape index (κ2) is 18.3. The van der Waals surface area contributed by atoms with Crippen LogP contribution in [0.25, 0.3) is 0 Å². The third-order valence-corrected chi connectivity index (χ3v) is 7.58. The first-order valence-corrected chi connectivity index (χ1v) is 15.5. The molecule has 1 heterocycles. The number of aliphatic hydroxyl groups excluding tert-OH is 2. The van der Waals surface area contributed by atoms with E-state index in [2.05, 4.69) is 19.1 Å². The molecule has 1 fully saturated rings. The number of aliphatic hydroxyl groups is 3. The van der Waals surface area contributed by atoms with Gasteiger partial charge in [-0.2, -0.15) is 0 Å². The Balaban J connectivity index is 1.68. The molecule has 2 aromatic rings. The number of esters is 1. The Morgan fingerprint density at radius 1 is 1.07 bits per heavy atom. The summed E-state index contributed by atoms with van der Waals surface area (Å²) in [5.41, 5.74) is 7.49. The zero-order valence-electron chi connectivity index (χ0n) is 25.6. The van der Waals surface area contributed by atoms with E-state index in [1.54, 1.807) is 12.1 Å². The summed E-state index contributed by atoms with van der Waals surface area (Å²) in [5.74, 6) is -2.59. The number of carbonyl (C=O) groups excluding carboxylic acids is 1. The monoisotopic (exact) mass is 602 g/mol. The van der Waals surface area contributed by atoms with Gasteiger partial charge in [0.1, 0.15) is 24.6 Å². The zero-order valence-corrected chi connectivity index (χ0v) is 25.6. The molecule has 3 rings (SSSR count). The first-order valence-electron chi connectivity index (χ1n) is 15.5. The number of carbonyl (C=O) groups is 1. The SMILES string of the molecule is CCCCCCN(CCOc1ccc(CCCCN)cc1)C[C@H](O)[C@@](O)(OC(C)=O)[C@@H]1O[C@H](c2ccccc2)OC[C@H]1O. The topological polar surface area (TPSA) is 144 Å². The van der Waals surface area contributed by atoms with E-state index in [-0.39, 0.29) is 13.2 Å².